The lowest BCUT2D eigenvalue weighted by Crippen LogP contribution is -2.49. The summed E-state index contributed by atoms with van der Waals surface area (Å²) in [4.78, 5) is 5.23. The van der Waals surface area contributed by atoms with Crippen LogP contribution in [-0.2, 0) is 14.8 Å². The lowest BCUT2D eigenvalue weighted by atomic mass is 10.1. The maximum Gasteiger partial charge on any atom is 0.243 e. The number of morpholine rings is 1. The van der Waals surface area contributed by atoms with Gasteiger partial charge >= 0.3 is 0 Å². The van der Waals surface area contributed by atoms with Gasteiger partial charge < -0.3 is 9.64 Å². The fourth-order valence-electron chi connectivity index (χ4n) is 4.01. The van der Waals surface area contributed by atoms with Gasteiger partial charge in [-0.1, -0.05) is 30.3 Å². The zero-order valence-corrected chi connectivity index (χ0v) is 17.1. The Hall–Kier alpha value is -1.51. The highest BCUT2D eigenvalue weighted by atomic mass is 32.2. The molecule has 0 unspecified atom stereocenters. The summed E-state index contributed by atoms with van der Waals surface area (Å²) in [5.74, 6) is 0. The topological polar surface area (TPSA) is 53.1 Å². The Morgan fingerprint density at radius 1 is 0.786 bits per heavy atom. The highest BCUT2D eigenvalue weighted by Gasteiger charge is 2.28. The van der Waals surface area contributed by atoms with Gasteiger partial charge in [-0.3, -0.25) is 4.90 Å². The van der Waals surface area contributed by atoms with Crippen LogP contribution >= 0.6 is 0 Å². The maximum atomic E-state index is 13.0. The fourth-order valence-corrected chi connectivity index (χ4v) is 5.47. The summed E-state index contributed by atoms with van der Waals surface area (Å²) in [6.07, 6.45) is 1.12. The average Bonchev–Trinajstić information content (AvgIpc) is 2.74. The van der Waals surface area contributed by atoms with Gasteiger partial charge in [0.1, 0.15) is 0 Å². The van der Waals surface area contributed by atoms with Gasteiger partial charge in [0.05, 0.1) is 18.1 Å². The Bertz CT molecular complexity index is 889. The summed E-state index contributed by atoms with van der Waals surface area (Å²) in [5, 5.41) is 2.02. The molecule has 2 fully saturated rings. The number of hydrogen-bond donors (Lipinski definition) is 0. The van der Waals surface area contributed by atoms with Crippen LogP contribution in [0.3, 0.4) is 0 Å². The van der Waals surface area contributed by atoms with E-state index in [1.54, 1.807) is 16.4 Å². The van der Waals surface area contributed by atoms with Gasteiger partial charge in [-0.05, 0) is 42.4 Å². The van der Waals surface area contributed by atoms with Gasteiger partial charge in [-0.2, -0.15) is 4.31 Å². The molecule has 0 radical (unpaired) electrons. The van der Waals surface area contributed by atoms with Gasteiger partial charge in [0.15, 0.2) is 0 Å². The summed E-state index contributed by atoms with van der Waals surface area (Å²) >= 11 is 0. The quantitative estimate of drug-likeness (QED) is 0.737. The molecular formula is C21H29N3O3S. The molecule has 152 valence electrons. The maximum absolute atomic E-state index is 13.0. The summed E-state index contributed by atoms with van der Waals surface area (Å²) in [7, 11) is -3.43. The molecule has 0 amide bonds. The molecular weight excluding hydrogens is 374 g/mol. The van der Waals surface area contributed by atoms with Crippen LogP contribution in [0.4, 0.5) is 0 Å². The highest BCUT2D eigenvalue weighted by Crippen LogP contribution is 2.22. The van der Waals surface area contributed by atoms with Crippen molar-refractivity contribution < 1.29 is 13.2 Å². The molecule has 28 heavy (non-hydrogen) atoms. The minimum absolute atomic E-state index is 0.395. The molecule has 0 aliphatic carbocycles. The molecule has 0 spiro atoms. The van der Waals surface area contributed by atoms with Crippen molar-refractivity contribution in [2.75, 3.05) is 65.6 Å². The molecule has 2 aromatic rings. The first-order chi connectivity index (χ1) is 13.6. The van der Waals surface area contributed by atoms with Crippen molar-refractivity contribution in [2.24, 2.45) is 0 Å². The third kappa shape index (κ3) is 4.55. The van der Waals surface area contributed by atoms with Crippen LogP contribution in [0.1, 0.15) is 6.42 Å². The van der Waals surface area contributed by atoms with Crippen LogP contribution in [0.25, 0.3) is 10.8 Å². The molecule has 2 aliphatic heterocycles. The zero-order chi connectivity index (χ0) is 19.4. The van der Waals surface area contributed by atoms with Crippen molar-refractivity contribution >= 4 is 20.8 Å². The van der Waals surface area contributed by atoms with Crippen molar-refractivity contribution in [3.05, 3.63) is 42.5 Å². The molecule has 2 heterocycles. The SMILES string of the molecule is O=S(=O)(c1ccc2ccccc2c1)N1CCN(CCCN2CCOCC2)CC1. The second-order valence-electron chi connectivity index (χ2n) is 7.56. The largest absolute Gasteiger partial charge is 0.379 e. The standard InChI is InChI=1S/C21H29N3O3S/c25-28(26,21-7-6-19-4-1-2-5-20(19)18-21)24-12-10-22(11-13-24)8-3-9-23-14-16-27-17-15-23/h1-2,4-7,18H,3,8-17H2. The van der Waals surface area contributed by atoms with Crippen LogP contribution < -0.4 is 0 Å². The number of fused-ring (bicyclic) bond motifs is 1. The number of benzene rings is 2. The number of nitrogens with zero attached hydrogens (tertiary/aromatic N) is 3. The normalized spacial score (nSPS) is 20.6. The van der Waals surface area contributed by atoms with Crippen molar-refractivity contribution in [3.63, 3.8) is 0 Å². The summed E-state index contributed by atoms with van der Waals surface area (Å²) in [6, 6.07) is 13.3. The molecule has 0 bridgehead atoms. The van der Waals surface area contributed by atoms with E-state index in [0.717, 1.165) is 69.7 Å². The van der Waals surface area contributed by atoms with E-state index in [9.17, 15) is 8.42 Å². The summed E-state index contributed by atoms with van der Waals surface area (Å²) < 4.78 is 33.1. The monoisotopic (exact) mass is 403 g/mol. The second-order valence-corrected chi connectivity index (χ2v) is 9.50. The van der Waals surface area contributed by atoms with Gasteiger partial charge in [0.25, 0.3) is 0 Å². The van der Waals surface area contributed by atoms with Gasteiger partial charge in [-0.25, -0.2) is 8.42 Å². The first-order valence-corrected chi connectivity index (χ1v) is 11.6. The van der Waals surface area contributed by atoms with Crippen LogP contribution in [0.5, 0.6) is 0 Å². The zero-order valence-electron chi connectivity index (χ0n) is 16.3. The van der Waals surface area contributed by atoms with E-state index in [0.29, 0.717) is 18.0 Å². The number of rotatable bonds is 6. The number of hydrogen-bond acceptors (Lipinski definition) is 5. The van der Waals surface area contributed by atoms with Crippen LogP contribution in [0.2, 0.25) is 0 Å². The Morgan fingerprint density at radius 3 is 2.14 bits per heavy atom. The van der Waals surface area contributed by atoms with Crippen molar-refractivity contribution in [1.29, 1.82) is 0 Å². The number of piperazine rings is 1. The number of ether oxygens (including phenoxy) is 1. The molecule has 4 rings (SSSR count). The van der Waals surface area contributed by atoms with E-state index < -0.39 is 10.0 Å². The third-order valence-electron chi connectivity index (χ3n) is 5.74. The fraction of sp³-hybridized carbons (Fsp3) is 0.524. The van der Waals surface area contributed by atoms with E-state index in [2.05, 4.69) is 9.80 Å². The molecule has 0 saturated carbocycles. The number of sulfonamides is 1. The lowest BCUT2D eigenvalue weighted by molar-refractivity contribution is 0.0356. The van der Waals surface area contributed by atoms with E-state index in [1.165, 1.54) is 0 Å². The Balaban J connectivity index is 1.30. The Morgan fingerprint density at radius 2 is 1.43 bits per heavy atom. The highest BCUT2D eigenvalue weighted by molar-refractivity contribution is 7.89. The first-order valence-electron chi connectivity index (χ1n) is 10.1. The van der Waals surface area contributed by atoms with Gasteiger partial charge in [0, 0.05) is 39.3 Å². The van der Waals surface area contributed by atoms with Crippen LogP contribution in [0.15, 0.2) is 47.4 Å². The summed E-state index contributed by atoms with van der Waals surface area (Å²) in [5.41, 5.74) is 0. The molecule has 0 aromatic heterocycles. The minimum Gasteiger partial charge on any atom is -0.379 e. The first kappa shape index (κ1) is 19.8. The van der Waals surface area contributed by atoms with E-state index in [1.807, 2.05) is 30.3 Å². The molecule has 2 aromatic carbocycles. The van der Waals surface area contributed by atoms with E-state index in [4.69, 9.17) is 4.74 Å². The van der Waals surface area contributed by atoms with Gasteiger partial charge in [0.2, 0.25) is 10.0 Å². The lowest BCUT2D eigenvalue weighted by Gasteiger charge is -2.34. The second kappa shape index (κ2) is 8.88. The average molecular weight is 404 g/mol. The predicted octanol–water partition coefficient (Wildman–Crippen LogP) is 1.87. The van der Waals surface area contributed by atoms with Crippen LogP contribution in [-0.4, -0.2) is 88.1 Å². The van der Waals surface area contributed by atoms with E-state index >= 15 is 0 Å². The third-order valence-corrected chi connectivity index (χ3v) is 7.64. The molecule has 2 aliphatic rings. The minimum atomic E-state index is -3.43. The molecule has 2 saturated heterocycles. The van der Waals surface area contributed by atoms with Crippen molar-refractivity contribution in [3.8, 4) is 0 Å². The smallest absolute Gasteiger partial charge is 0.243 e. The molecule has 0 atom stereocenters. The van der Waals surface area contributed by atoms with E-state index in [-0.39, 0.29) is 0 Å². The van der Waals surface area contributed by atoms with Crippen molar-refractivity contribution in [1.82, 2.24) is 14.1 Å². The summed E-state index contributed by atoms with van der Waals surface area (Å²) in [6.45, 7) is 8.58. The van der Waals surface area contributed by atoms with Crippen molar-refractivity contribution in [2.45, 2.75) is 11.3 Å². The molecule has 7 heteroatoms. The molecule has 0 N–H and O–H groups in total. The molecule has 6 nitrogen and oxygen atoms in total. The Kier molecular flexibility index (Phi) is 6.28. The van der Waals surface area contributed by atoms with Crippen LogP contribution in [0, 0.1) is 0 Å². The van der Waals surface area contributed by atoms with Gasteiger partial charge in [-0.15, -0.1) is 0 Å². The predicted molar refractivity (Wildman–Crippen MR) is 111 cm³/mol. The Labute approximate surface area is 167 Å².